The molecule has 0 aliphatic carbocycles. The molecule has 1 aromatic heterocycles. The van der Waals surface area contributed by atoms with E-state index >= 15 is 0 Å². The van der Waals surface area contributed by atoms with E-state index in [-0.39, 0.29) is 6.04 Å². The van der Waals surface area contributed by atoms with E-state index in [0.29, 0.717) is 18.0 Å². The molecule has 2 rings (SSSR count). The summed E-state index contributed by atoms with van der Waals surface area (Å²) >= 11 is 3.30. The van der Waals surface area contributed by atoms with Gasteiger partial charge in [-0.25, -0.2) is 4.98 Å². The molecule has 4 nitrogen and oxygen atoms in total. The summed E-state index contributed by atoms with van der Waals surface area (Å²) in [6, 6.07) is 4.15. The predicted octanol–water partition coefficient (Wildman–Crippen LogP) is 2.31. The quantitative estimate of drug-likeness (QED) is 0.904. The Morgan fingerprint density at radius 2 is 2.50 bits per heavy atom. The van der Waals surface area contributed by atoms with E-state index in [1.807, 2.05) is 0 Å². The first-order valence-corrected chi connectivity index (χ1v) is 5.99. The van der Waals surface area contributed by atoms with Crippen LogP contribution in [0.1, 0.15) is 18.4 Å². The average Bonchev–Trinajstić information content (AvgIpc) is 2.33. The van der Waals surface area contributed by atoms with Gasteiger partial charge < -0.3 is 10.1 Å². The maximum Gasteiger partial charge on any atom is 0.144 e. The summed E-state index contributed by atoms with van der Waals surface area (Å²) in [5.41, 5.74) is 0.556. The number of nitrogens with zero attached hydrogens (tertiary/aromatic N) is 2. The molecular weight excluding hydrogens is 270 g/mol. The number of rotatable bonds is 2. The van der Waals surface area contributed by atoms with Gasteiger partial charge in [0.2, 0.25) is 0 Å². The Morgan fingerprint density at radius 3 is 3.19 bits per heavy atom. The third-order valence-corrected chi connectivity index (χ3v) is 2.91. The highest BCUT2D eigenvalue weighted by atomic mass is 79.9. The first-order valence-electron chi connectivity index (χ1n) is 5.19. The molecular formula is C11H12BrN3O. The highest BCUT2D eigenvalue weighted by Gasteiger charge is 2.15. The second-order valence-electron chi connectivity index (χ2n) is 3.72. The fourth-order valence-corrected chi connectivity index (χ4v) is 2.02. The van der Waals surface area contributed by atoms with Crippen molar-refractivity contribution in [2.24, 2.45) is 0 Å². The van der Waals surface area contributed by atoms with E-state index in [2.05, 4.69) is 32.3 Å². The molecule has 5 heteroatoms. The van der Waals surface area contributed by atoms with Gasteiger partial charge in [0.25, 0.3) is 0 Å². The smallest absolute Gasteiger partial charge is 0.144 e. The minimum Gasteiger partial charge on any atom is -0.379 e. The highest BCUT2D eigenvalue weighted by Crippen LogP contribution is 2.19. The fraction of sp³-hybridized carbons (Fsp3) is 0.455. The van der Waals surface area contributed by atoms with Gasteiger partial charge in [-0.15, -0.1) is 0 Å². The van der Waals surface area contributed by atoms with Crippen molar-refractivity contribution in [1.82, 2.24) is 4.98 Å². The van der Waals surface area contributed by atoms with Crippen molar-refractivity contribution < 1.29 is 4.74 Å². The zero-order chi connectivity index (χ0) is 11.4. The van der Waals surface area contributed by atoms with Gasteiger partial charge in [0, 0.05) is 17.3 Å². The number of pyridine rings is 1. The largest absolute Gasteiger partial charge is 0.379 e. The van der Waals surface area contributed by atoms with Gasteiger partial charge in [0.1, 0.15) is 11.9 Å². The van der Waals surface area contributed by atoms with Gasteiger partial charge in [-0.2, -0.15) is 5.26 Å². The Morgan fingerprint density at radius 1 is 1.62 bits per heavy atom. The molecule has 1 aromatic rings. The number of aromatic nitrogens is 1. The molecule has 1 aliphatic rings. The topological polar surface area (TPSA) is 57.9 Å². The summed E-state index contributed by atoms with van der Waals surface area (Å²) in [6.45, 7) is 1.51. The molecule has 0 amide bonds. The van der Waals surface area contributed by atoms with Crippen molar-refractivity contribution in [3.8, 4) is 6.07 Å². The second-order valence-corrected chi connectivity index (χ2v) is 4.64. The van der Waals surface area contributed by atoms with Crippen molar-refractivity contribution in [3.05, 3.63) is 22.3 Å². The maximum atomic E-state index is 8.99. The summed E-state index contributed by atoms with van der Waals surface area (Å²) in [5.74, 6) is 0.640. The van der Waals surface area contributed by atoms with Gasteiger partial charge in [-0.3, -0.25) is 0 Å². The van der Waals surface area contributed by atoms with Crippen LogP contribution in [0.3, 0.4) is 0 Å². The Bertz CT molecular complexity index is 410. The minimum absolute atomic E-state index is 0.259. The lowest BCUT2D eigenvalue weighted by Crippen LogP contribution is -2.30. The summed E-state index contributed by atoms with van der Waals surface area (Å²) in [4.78, 5) is 4.21. The molecule has 0 saturated carbocycles. The minimum atomic E-state index is 0.259. The van der Waals surface area contributed by atoms with Gasteiger partial charge in [-0.05, 0) is 34.8 Å². The predicted molar refractivity (Wildman–Crippen MR) is 64.1 cm³/mol. The molecule has 0 bridgehead atoms. The number of halogens is 1. The van der Waals surface area contributed by atoms with Crippen molar-refractivity contribution >= 4 is 21.7 Å². The van der Waals surface area contributed by atoms with Crippen molar-refractivity contribution in [2.75, 3.05) is 18.5 Å². The van der Waals surface area contributed by atoms with E-state index in [0.717, 1.165) is 23.9 Å². The summed E-state index contributed by atoms with van der Waals surface area (Å²) in [7, 11) is 0. The molecule has 0 unspecified atom stereocenters. The lowest BCUT2D eigenvalue weighted by atomic mass is 10.1. The molecule has 0 radical (unpaired) electrons. The molecule has 0 aromatic carbocycles. The lowest BCUT2D eigenvalue weighted by Gasteiger charge is -2.23. The van der Waals surface area contributed by atoms with Gasteiger partial charge in [0.05, 0.1) is 18.2 Å². The van der Waals surface area contributed by atoms with Crippen LogP contribution in [0.25, 0.3) is 0 Å². The highest BCUT2D eigenvalue weighted by molar-refractivity contribution is 9.10. The summed E-state index contributed by atoms with van der Waals surface area (Å²) in [6.07, 6.45) is 3.80. The Hall–Kier alpha value is -1.12. The Balaban J connectivity index is 2.11. The molecule has 16 heavy (non-hydrogen) atoms. The Labute approximate surface area is 103 Å². The average molecular weight is 282 g/mol. The maximum absolute atomic E-state index is 8.99. The zero-order valence-corrected chi connectivity index (χ0v) is 10.3. The van der Waals surface area contributed by atoms with Crippen LogP contribution in [-0.4, -0.2) is 24.2 Å². The fourth-order valence-electron chi connectivity index (χ4n) is 1.69. The molecule has 1 saturated heterocycles. The van der Waals surface area contributed by atoms with Crippen molar-refractivity contribution in [1.29, 1.82) is 5.26 Å². The third kappa shape index (κ3) is 2.71. The molecule has 1 aliphatic heterocycles. The van der Waals surface area contributed by atoms with Gasteiger partial charge >= 0.3 is 0 Å². The molecule has 84 valence electrons. The molecule has 1 fully saturated rings. The number of nitrogens with one attached hydrogen (secondary N) is 1. The third-order valence-electron chi connectivity index (χ3n) is 2.48. The van der Waals surface area contributed by atoms with Crippen LogP contribution in [0, 0.1) is 11.3 Å². The SMILES string of the molecule is N#Cc1cc(Br)cnc1N[C@H]1CCCOC1. The van der Waals surface area contributed by atoms with E-state index in [4.69, 9.17) is 10.00 Å². The zero-order valence-electron chi connectivity index (χ0n) is 8.74. The van der Waals surface area contributed by atoms with E-state index in [1.54, 1.807) is 12.3 Å². The van der Waals surface area contributed by atoms with Gasteiger partial charge in [0.15, 0.2) is 0 Å². The molecule has 0 spiro atoms. The molecule has 1 atom stereocenters. The van der Waals surface area contributed by atoms with E-state index in [1.165, 1.54) is 0 Å². The van der Waals surface area contributed by atoms with E-state index < -0.39 is 0 Å². The van der Waals surface area contributed by atoms with Crippen LogP contribution >= 0.6 is 15.9 Å². The second kappa shape index (κ2) is 5.28. The normalized spacial score (nSPS) is 20.1. The molecule has 2 heterocycles. The first kappa shape index (κ1) is 11.4. The number of anilines is 1. The van der Waals surface area contributed by atoms with Gasteiger partial charge in [-0.1, -0.05) is 0 Å². The standard InChI is InChI=1S/C11H12BrN3O/c12-9-4-8(5-13)11(14-6-9)15-10-2-1-3-16-7-10/h4,6,10H,1-3,7H2,(H,14,15)/t10-/m0/s1. The number of hydrogen-bond acceptors (Lipinski definition) is 4. The van der Waals surface area contributed by atoms with Crippen LogP contribution < -0.4 is 5.32 Å². The number of hydrogen-bond donors (Lipinski definition) is 1. The number of nitriles is 1. The summed E-state index contributed by atoms with van der Waals surface area (Å²) < 4.78 is 6.18. The van der Waals surface area contributed by atoms with Crippen LogP contribution in [0.5, 0.6) is 0 Å². The van der Waals surface area contributed by atoms with Crippen LogP contribution in [0.2, 0.25) is 0 Å². The van der Waals surface area contributed by atoms with Crippen molar-refractivity contribution in [2.45, 2.75) is 18.9 Å². The molecule has 1 N–H and O–H groups in total. The summed E-state index contributed by atoms with van der Waals surface area (Å²) in [5, 5.41) is 12.2. The lowest BCUT2D eigenvalue weighted by molar-refractivity contribution is 0.0875. The van der Waals surface area contributed by atoms with Crippen LogP contribution in [0.4, 0.5) is 5.82 Å². The van der Waals surface area contributed by atoms with Crippen LogP contribution in [0.15, 0.2) is 16.7 Å². The Kier molecular flexibility index (Phi) is 3.75. The monoisotopic (exact) mass is 281 g/mol. The van der Waals surface area contributed by atoms with Crippen molar-refractivity contribution in [3.63, 3.8) is 0 Å². The number of ether oxygens (including phenoxy) is 1. The van der Waals surface area contributed by atoms with E-state index in [9.17, 15) is 0 Å². The first-order chi connectivity index (χ1) is 7.79. The van der Waals surface area contributed by atoms with Crippen LogP contribution in [-0.2, 0) is 4.74 Å².